The van der Waals surface area contributed by atoms with Gasteiger partial charge in [-0.15, -0.1) is 0 Å². The lowest BCUT2D eigenvalue weighted by Gasteiger charge is -2.06. The third-order valence-electron chi connectivity index (χ3n) is 4.00. The smallest absolute Gasteiger partial charge is 0.358 e. The zero-order chi connectivity index (χ0) is 20.3. The SMILES string of the molecule is Cc1cc([N+](=O)[O-])nn1CCC(=O)Nc1cnn(Cc2c(Cl)cccc2Cl)c1. The Labute approximate surface area is 170 Å². The quantitative estimate of drug-likeness (QED) is 0.461. The fourth-order valence-electron chi connectivity index (χ4n) is 2.60. The van der Waals surface area contributed by atoms with Crippen molar-refractivity contribution in [1.29, 1.82) is 0 Å². The van der Waals surface area contributed by atoms with Crippen molar-refractivity contribution < 1.29 is 9.72 Å². The molecule has 0 aliphatic rings. The van der Waals surface area contributed by atoms with Crippen LogP contribution >= 0.6 is 23.2 Å². The Bertz CT molecular complexity index is 1010. The summed E-state index contributed by atoms with van der Waals surface area (Å²) in [6, 6.07) is 6.62. The van der Waals surface area contributed by atoms with E-state index in [1.165, 1.54) is 16.9 Å². The first-order valence-corrected chi connectivity index (χ1v) is 9.03. The molecule has 1 N–H and O–H groups in total. The summed E-state index contributed by atoms with van der Waals surface area (Å²) in [7, 11) is 0. The summed E-state index contributed by atoms with van der Waals surface area (Å²) in [5, 5.41) is 22.6. The molecule has 3 aromatic rings. The van der Waals surface area contributed by atoms with Crippen molar-refractivity contribution in [2.45, 2.75) is 26.4 Å². The van der Waals surface area contributed by atoms with E-state index < -0.39 is 4.92 Å². The van der Waals surface area contributed by atoms with E-state index in [0.29, 0.717) is 28.0 Å². The lowest BCUT2D eigenvalue weighted by Crippen LogP contribution is -2.15. The van der Waals surface area contributed by atoms with E-state index in [-0.39, 0.29) is 24.7 Å². The van der Waals surface area contributed by atoms with Crippen molar-refractivity contribution in [2.75, 3.05) is 5.32 Å². The molecule has 1 aromatic carbocycles. The maximum atomic E-state index is 12.1. The van der Waals surface area contributed by atoms with Crippen LogP contribution in [0.4, 0.5) is 11.5 Å². The number of nitrogens with one attached hydrogen (secondary N) is 1. The predicted molar refractivity (Wildman–Crippen MR) is 105 cm³/mol. The van der Waals surface area contributed by atoms with Gasteiger partial charge in [0.25, 0.3) is 0 Å². The molecule has 146 valence electrons. The molecule has 9 nitrogen and oxygen atoms in total. The number of benzene rings is 1. The van der Waals surface area contributed by atoms with Gasteiger partial charge in [-0.2, -0.15) is 9.78 Å². The maximum Gasteiger partial charge on any atom is 0.390 e. The van der Waals surface area contributed by atoms with Gasteiger partial charge in [0.05, 0.1) is 41.8 Å². The van der Waals surface area contributed by atoms with Gasteiger partial charge in [-0.05, 0) is 24.0 Å². The number of carbonyl (C=O) groups is 1. The maximum absolute atomic E-state index is 12.1. The van der Waals surface area contributed by atoms with Gasteiger partial charge in [0, 0.05) is 28.2 Å². The molecule has 2 aromatic heterocycles. The normalized spacial score (nSPS) is 10.8. The highest BCUT2D eigenvalue weighted by molar-refractivity contribution is 6.35. The molecule has 11 heteroatoms. The van der Waals surface area contributed by atoms with Gasteiger partial charge in [-0.1, -0.05) is 29.3 Å². The van der Waals surface area contributed by atoms with E-state index in [2.05, 4.69) is 15.5 Å². The van der Waals surface area contributed by atoms with Crippen LogP contribution in [0.1, 0.15) is 17.7 Å². The Balaban J connectivity index is 1.57. The largest absolute Gasteiger partial charge is 0.390 e. The second-order valence-electron chi connectivity index (χ2n) is 6.05. The molecule has 0 spiro atoms. The van der Waals surface area contributed by atoms with Gasteiger partial charge in [-0.3, -0.25) is 9.48 Å². The summed E-state index contributed by atoms with van der Waals surface area (Å²) in [4.78, 5) is 22.3. The highest BCUT2D eigenvalue weighted by atomic mass is 35.5. The summed E-state index contributed by atoms with van der Waals surface area (Å²) in [5.74, 6) is -0.495. The fourth-order valence-corrected chi connectivity index (χ4v) is 3.12. The third kappa shape index (κ3) is 4.68. The molecule has 0 radical (unpaired) electrons. The zero-order valence-electron chi connectivity index (χ0n) is 14.8. The van der Waals surface area contributed by atoms with Crippen molar-refractivity contribution >= 4 is 40.6 Å². The fraction of sp³-hybridized carbons (Fsp3) is 0.235. The van der Waals surface area contributed by atoms with Gasteiger partial charge >= 0.3 is 5.82 Å². The second-order valence-corrected chi connectivity index (χ2v) is 6.86. The van der Waals surface area contributed by atoms with Gasteiger partial charge in [0.15, 0.2) is 0 Å². The number of hydrogen-bond acceptors (Lipinski definition) is 5. The molecular weight excluding hydrogens is 407 g/mol. The predicted octanol–water partition coefficient (Wildman–Crippen LogP) is 3.68. The molecular formula is C17H16Cl2N6O3. The lowest BCUT2D eigenvalue weighted by molar-refractivity contribution is -0.389. The van der Waals surface area contributed by atoms with E-state index in [4.69, 9.17) is 23.2 Å². The van der Waals surface area contributed by atoms with Crippen molar-refractivity contribution in [1.82, 2.24) is 19.6 Å². The number of amides is 1. The zero-order valence-corrected chi connectivity index (χ0v) is 16.3. The van der Waals surface area contributed by atoms with Crippen LogP contribution in [0.25, 0.3) is 0 Å². The van der Waals surface area contributed by atoms with Crippen LogP contribution < -0.4 is 5.32 Å². The van der Waals surface area contributed by atoms with Crippen LogP contribution in [-0.2, 0) is 17.9 Å². The van der Waals surface area contributed by atoms with Crippen molar-refractivity contribution in [3.63, 3.8) is 0 Å². The second kappa shape index (κ2) is 8.41. The van der Waals surface area contributed by atoms with Crippen LogP contribution in [-0.4, -0.2) is 30.4 Å². The summed E-state index contributed by atoms with van der Waals surface area (Å²) in [5.41, 5.74) is 1.88. The first kappa shape index (κ1) is 19.8. The van der Waals surface area contributed by atoms with E-state index in [0.717, 1.165) is 5.56 Å². The lowest BCUT2D eigenvalue weighted by atomic mass is 10.2. The number of aryl methyl sites for hydroxylation is 2. The molecule has 0 aliphatic heterocycles. The minimum atomic E-state index is -0.566. The molecule has 0 atom stereocenters. The number of carbonyl (C=O) groups excluding carboxylic acids is 1. The Morgan fingerprint density at radius 1 is 1.32 bits per heavy atom. The van der Waals surface area contributed by atoms with Gasteiger partial charge in [0.2, 0.25) is 5.91 Å². The molecule has 3 rings (SSSR count). The molecule has 0 unspecified atom stereocenters. The average Bonchev–Trinajstić information content (AvgIpc) is 3.23. The number of rotatable bonds is 7. The number of hydrogen-bond donors (Lipinski definition) is 1. The molecule has 2 heterocycles. The molecule has 28 heavy (non-hydrogen) atoms. The first-order valence-electron chi connectivity index (χ1n) is 8.27. The van der Waals surface area contributed by atoms with Gasteiger partial charge in [0.1, 0.15) is 0 Å². The summed E-state index contributed by atoms with van der Waals surface area (Å²) < 4.78 is 3.05. The minimum Gasteiger partial charge on any atom is -0.358 e. The first-order chi connectivity index (χ1) is 13.3. The molecule has 0 saturated heterocycles. The van der Waals surface area contributed by atoms with Crippen molar-refractivity contribution in [3.8, 4) is 0 Å². The number of halogens is 2. The standard InChI is InChI=1S/C17H16Cl2N6O3/c1-11-7-16(25(27)28)22-24(11)6-5-17(26)21-12-8-20-23(9-12)10-13-14(18)3-2-4-15(13)19/h2-4,7-9H,5-6,10H2,1H3,(H,21,26). The number of nitrogens with zero attached hydrogens (tertiary/aromatic N) is 5. The highest BCUT2D eigenvalue weighted by Gasteiger charge is 2.16. The molecule has 0 saturated carbocycles. The highest BCUT2D eigenvalue weighted by Crippen LogP contribution is 2.25. The van der Waals surface area contributed by atoms with Gasteiger partial charge in [-0.25, -0.2) is 0 Å². The van der Waals surface area contributed by atoms with Crippen LogP contribution in [0.15, 0.2) is 36.7 Å². The monoisotopic (exact) mass is 422 g/mol. The molecule has 0 aliphatic carbocycles. The minimum absolute atomic E-state index is 0.112. The molecule has 0 fully saturated rings. The third-order valence-corrected chi connectivity index (χ3v) is 4.71. The van der Waals surface area contributed by atoms with Crippen LogP contribution in [0.2, 0.25) is 10.0 Å². The van der Waals surface area contributed by atoms with Crippen molar-refractivity contribution in [2.24, 2.45) is 0 Å². The van der Waals surface area contributed by atoms with E-state index >= 15 is 0 Å². The summed E-state index contributed by atoms with van der Waals surface area (Å²) in [6.07, 6.45) is 3.30. The van der Waals surface area contributed by atoms with Gasteiger partial charge < -0.3 is 15.4 Å². The van der Waals surface area contributed by atoms with Crippen LogP contribution in [0, 0.1) is 17.0 Å². The van der Waals surface area contributed by atoms with E-state index in [9.17, 15) is 14.9 Å². The topological polar surface area (TPSA) is 108 Å². The number of anilines is 1. The summed E-state index contributed by atoms with van der Waals surface area (Å²) >= 11 is 12.3. The Morgan fingerprint density at radius 2 is 2.04 bits per heavy atom. The summed E-state index contributed by atoms with van der Waals surface area (Å²) in [6.45, 7) is 2.29. The molecule has 0 bridgehead atoms. The number of aromatic nitrogens is 4. The number of nitro groups is 1. The Hall–Kier alpha value is -2.91. The van der Waals surface area contributed by atoms with Crippen molar-refractivity contribution in [3.05, 3.63) is 68.1 Å². The van der Waals surface area contributed by atoms with E-state index in [1.54, 1.807) is 36.0 Å². The Morgan fingerprint density at radius 3 is 2.68 bits per heavy atom. The van der Waals surface area contributed by atoms with Crippen LogP contribution in [0.3, 0.4) is 0 Å². The van der Waals surface area contributed by atoms with E-state index in [1.807, 2.05) is 0 Å². The van der Waals surface area contributed by atoms with Crippen LogP contribution in [0.5, 0.6) is 0 Å². The average molecular weight is 423 g/mol. The Kier molecular flexibility index (Phi) is 5.96. The molecule has 1 amide bonds.